The summed E-state index contributed by atoms with van der Waals surface area (Å²) in [6, 6.07) is 4.97. The number of nitrogens with one attached hydrogen (secondary N) is 2. The SMILES string of the molecule is CN=C(NCC#Cc1cccc(C(F)(F)F)c1)NCCSC. The van der Waals surface area contributed by atoms with Crippen LogP contribution in [0.2, 0.25) is 0 Å². The van der Waals surface area contributed by atoms with Gasteiger partial charge in [0.25, 0.3) is 0 Å². The number of hydrogen-bond acceptors (Lipinski definition) is 2. The maximum absolute atomic E-state index is 12.6. The standard InChI is InChI=1S/C15H18F3N3S/c1-19-14(21-9-10-22-2)20-8-4-6-12-5-3-7-13(11-12)15(16,17)18/h3,5,7,11H,8-10H2,1-2H3,(H2,19,20,21). The maximum atomic E-state index is 12.6. The van der Waals surface area contributed by atoms with E-state index in [4.69, 9.17) is 0 Å². The van der Waals surface area contributed by atoms with E-state index in [1.165, 1.54) is 6.07 Å². The van der Waals surface area contributed by atoms with Crippen LogP contribution in [0.3, 0.4) is 0 Å². The lowest BCUT2D eigenvalue weighted by molar-refractivity contribution is -0.137. The van der Waals surface area contributed by atoms with Gasteiger partial charge in [-0.05, 0) is 24.5 Å². The number of nitrogens with zero attached hydrogens (tertiary/aromatic N) is 1. The predicted octanol–water partition coefficient (Wildman–Crippen LogP) is 2.58. The first-order valence-corrected chi connectivity index (χ1v) is 7.96. The molecule has 7 heteroatoms. The largest absolute Gasteiger partial charge is 0.416 e. The molecule has 0 aliphatic rings. The minimum Gasteiger partial charge on any atom is -0.356 e. The minimum absolute atomic E-state index is 0.301. The number of benzene rings is 1. The summed E-state index contributed by atoms with van der Waals surface area (Å²) < 4.78 is 37.7. The van der Waals surface area contributed by atoms with Gasteiger partial charge >= 0.3 is 6.18 Å². The van der Waals surface area contributed by atoms with Crippen LogP contribution in [0, 0.1) is 11.8 Å². The fourth-order valence-electron chi connectivity index (χ4n) is 1.54. The van der Waals surface area contributed by atoms with Gasteiger partial charge in [-0.25, -0.2) is 0 Å². The van der Waals surface area contributed by atoms with Gasteiger partial charge in [0.1, 0.15) is 0 Å². The third-order valence-corrected chi connectivity index (χ3v) is 3.20. The number of halogens is 3. The number of alkyl halides is 3. The fraction of sp³-hybridized carbons (Fsp3) is 0.400. The molecule has 0 saturated carbocycles. The van der Waals surface area contributed by atoms with Crippen molar-refractivity contribution in [3.05, 3.63) is 35.4 Å². The third kappa shape index (κ3) is 6.76. The fourth-order valence-corrected chi connectivity index (χ4v) is 1.85. The van der Waals surface area contributed by atoms with E-state index in [9.17, 15) is 13.2 Å². The number of hydrogen-bond donors (Lipinski definition) is 2. The number of rotatable bonds is 4. The Balaban J connectivity index is 2.54. The monoisotopic (exact) mass is 329 g/mol. The van der Waals surface area contributed by atoms with Crippen molar-refractivity contribution < 1.29 is 13.2 Å². The van der Waals surface area contributed by atoms with Crippen molar-refractivity contribution in [1.82, 2.24) is 10.6 Å². The first-order valence-electron chi connectivity index (χ1n) is 6.57. The van der Waals surface area contributed by atoms with Crippen LogP contribution in [-0.4, -0.2) is 38.1 Å². The van der Waals surface area contributed by atoms with Gasteiger partial charge in [-0.2, -0.15) is 24.9 Å². The summed E-state index contributed by atoms with van der Waals surface area (Å²) in [5.74, 6) is 7.06. The minimum atomic E-state index is -4.35. The van der Waals surface area contributed by atoms with Crippen molar-refractivity contribution in [3.63, 3.8) is 0 Å². The molecule has 0 saturated heterocycles. The van der Waals surface area contributed by atoms with E-state index in [1.54, 1.807) is 24.9 Å². The summed E-state index contributed by atoms with van der Waals surface area (Å²) in [6.45, 7) is 1.08. The van der Waals surface area contributed by atoms with Gasteiger partial charge in [-0.1, -0.05) is 17.9 Å². The molecule has 1 rings (SSSR count). The first-order chi connectivity index (χ1) is 10.5. The van der Waals surface area contributed by atoms with E-state index in [-0.39, 0.29) is 0 Å². The van der Waals surface area contributed by atoms with Crippen molar-refractivity contribution in [2.45, 2.75) is 6.18 Å². The Labute approximate surface area is 132 Å². The topological polar surface area (TPSA) is 36.4 Å². The van der Waals surface area contributed by atoms with Gasteiger partial charge in [0.05, 0.1) is 12.1 Å². The van der Waals surface area contributed by atoms with Crippen molar-refractivity contribution >= 4 is 17.7 Å². The smallest absolute Gasteiger partial charge is 0.356 e. The van der Waals surface area contributed by atoms with E-state index in [1.807, 2.05) is 6.26 Å². The Kier molecular flexibility index (Phi) is 7.67. The third-order valence-electron chi connectivity index (χ3n) is 2.59. The molecule has 3 nitrogen and oxygen atoms in total. The van der Waals surface area contributed by atoms with Crippen molar-refractivity contribution in [2.75, 3.05) is 32.1 Å². The second-order valence-electron chi connectivity index (χ2n) is 4.23. The highest BCUT2D eigenvalue weighted by atomic mass is 32.2. The molecule has 0 aromatic heterocycles. The van der Waals surface area contributed by atoms with Gasteiger partial charge in [0, 0.05) is 24.9 Å². The zero-order valence-electron chi connectivity index (χ0n) is 12.4. The summed E-state index contributed by atoms with van der Waals surface area (Å²) in [6.07, 6.45) is -2.34. The molecule has 0 aliphatic heterocycles. The molecular weight excluding hydrogens is 311 g/mol. The molecule has 0 heterocycles. The average molecular weight is 329 g/mol. The van der Waals surface area contributed by atoms with Crippen LogP contribution < -0.4 is 10.6 Å². The van der Waals surface area contributed by atoms with Crippen molar-refractivity contribution in [3.8, 4) is 11.8 Å². The van der Waals surface area contributed by atoms with E-state index in [0.29, 0.717) is 18.1 Å². The second-order valence-corrected chi connectivity index (χ2v) is 5.21. The van der Waals surface area contributed by atoms with Crippen LogP contribution in [0.1, 0.15) is 11.1 Å². The molecule has 0 atom stereocenters. The van der Waals surface area contributed by atoms with E-state index < -0.39 is 11.7 Å². The van der Waals surface area contributed by atoms with Crippen LogP contribution in [0.15, 0.2) is 29.3 Å². The predicted molar refractivity (Wildman–Crippen MR) is 86.1 cm³/mol. The molecule has 0 spiro atoms. The lowest BCUT2D eigenvalue weighted by atomic mass is 10.1. The normalized spacial score (nSPS) is 11.6. The zero-order valence-corrected chi connectivity index (χ0v) is 13.2. The molecule has 0 fully saturated rings. The summed E-state index contributed by atoms with van der Waals surface area (Å²) in [5, 5.41) is 6.08. The molecular formula is C15H18F3N3S. The molecule has 2 N–H and O–H groups in total. The van der Waals surface area contributed by atoms with E-state index in [2.05, 4.69) is 27.5 Å². The van der Waals surface area contributed by atoms with E-state index >= 15 is 0 Å². The van der Waals surface area contributed by atoms with Gasteiger partial charge in [0.15, 0.2) is 5.96 Å². The molecule has 0 amide bonds. The van der Waals surface area contributed by atoms with Gasteiger partial charge < -0.3 is 10.6 Å². The molecule has 0 aliphatic carbocycles. The Morgan fingerprint density at radius 3 is 2.73 bits per heavy atom. The van der Waals surface area contributed by atoms with Crippen LogP contribution >= 0.6 is 11.8 Å². The van der Waals surface area contributed by atoms with Gasteiger partial charge in [0.2, 0.25) is 0 Å². The highest BCUT2D eigenvalue weighted by molar-refractivity contribution is 7.98. The average Bonchev–Trinajstić information content (AvgIpc) is 2.49. The summed E-state index contributed by atoms with van der Waals surface area (Å²) in [5.41, 5.74) is -0.358. The Hall–Kier alpha value is -1.81. The summed E-state index contributed by atoms with van der Waals surface area (Å²) in [4.78, 5) is 4.02. The van der Waals surface area contributed by atoms with Crippen molar-refractivity contribution in [1.29, 1.82) is 0 Å². The lowest BCUT2D eigenvalue weighted by Gasteiger charge is -2.08. The van der Waals surface area contributed by atoms with Crippen LogP contribution in [0.4, 0.5) is 13.2 Å². The number of guanidine groups is 1. The number of thioether (sulfide) groups is 1. The molecule has 22 heavy (non-hydrogen) atoms. The maximum Gasteiger partial charge on any atom is 0.416 e. The Morgan fingerprint density at radius 1 is 1.32 bits per heavy atom. The molecule has 0 unspecified atom stereocenters. The quantitative estimate of drug-likeness (QED) is 0.386. The number of aliphatic imine (C=N–C) groups is 1. The summed E-state index contributed by atoms with van der Waals surface area (Å²) >= 11 is 1.72. The molecule has 0 bridgehead atoms. The lowest BCUT2D eigenvalue weighted by Crippen LogP contribution is -2.38. The van der Waals surface area contributed by atoms with E-state index in [0.717, 1.165) is 24.4 Å². The zero-order chi connectivity index (χ0) is 16.4. The van der Waals surface area contributed by atoms with Crippen LogP contribution in [0.5, 0.6) is 0 Å². The molecule has 1 aromatic carbocycles. The Bertz CT molecular complexity index is 559. The highest BCUT2D eigenvalue weighted by Crippen LogP contribution is 2.29. The Morgan fingerprint density at radius 2 is 2.09 bits per heavy atom. The summed E-state index contributed by atoms with van der Waals surface area (Å²) in [7, 11) is 1.65. The first kappa shape index (κ1) is 18.2. The molecule has 0 radical (unpaired) electrons. The van der Waals surface area contributed by atoms with Gasteiger partial charge in [-0.3, -0.25) is 4.99 Å². The highest BCUT2D eigenvalue weighted by Gasteiger charge is 2.30. The molecule has 120 valence electrons. The van der Waals surface area contributed by atoms with Crippen LogP contribution in [0.25, 0.3) is 0 Å². The molecule has 1 aromatic rings. The van der Waals surface area contributed by atoms with Crippen molar-refractivity contribution in [2.24, 2.45) is 4.99 Å². The van der Waals surface area contributed by atoms with Crippen LogP contribution in [-0.2, 0) is 6.18 Å². The van der Waals surface area contributed by atoms with Gasteiger partial charge in [-0.15, -0.1) is 0 Å². The second kappa shape index (κ2) is 9.26.